The highest BCUT2D eigenvalue weighted by atomic mass is 32.1. The van der Waals surface area contributed by atoms with Crippen molar-refractivity contribution in [3.8, 4) is 67.5 Å². The number of rotatable bonds is 6. The summed E-state index contributed by atoms with van der Waals surface area (Å²) >= 11 is 3.68. The Morgan fingerprint density at radius 2 is 0.821 bits per heavy atom. The van der Waals surface area contributed by atoms with Crippen molar-refractivity contribution in [3.63, 3.8) is 0 Å². The Morgan fingerprint density at radius 3 is 1.52 bits per heavy atom. The first-order valence-electron chi connectivity index (χ1n) is 18.7. The second-order valence-corrected chi connectivity index (χ2v) is 16.1. The minimum atomic E-state index is 0.663. The van der Waals surface area contributed by atoms with E-state index in [-0.39, 0.29) is 0 Å². The monoisotopic (exact) mass is 749 g/mol. The van der Waals surface area contributed by atoms with Crippen LogP contribution in [-0.2, 0) is 0 Å². The normalized spacial score (nSPS) is 11.6. The van der Waals surface area contributed by atoms with Gasteiger partial charge >= 0.3 is 0 Å². The van der Waals surface area contributed by atoms with Crippen molar-refractivity contribution >= 4 is 63.0 Å². The molecule has 0 amide bonds. The van der Waals surface area contributed by atoms with Crippen molar-refractivity contribution in [1.82, 2.24) is 15.0 Å². The Morgan fingerprint density at radius 1 is 0.286 bits per heavy atom. The van der Waals surface area contributed by atoms with Gasteiger partial charge in [0.2, 0.25) is 0 Å². The molecule has 0 bridgehead atoms. The van der Waals surface area contributed by atoms with Gasteiger partial charge in [-0.3, -0.25) is 0 Å². The minimum Gasteiger partial charge on any atom is -0.208 e. The molecule has 0 fully saturated rings. The van der Waals surface area contributed by atoms with Crippen LogP contribution in [0.15, 0.2) is 188 Å². The molecule has 0 aliphatic rings. The van der Waals surface area contributed by atoms with Gasteiger partial charge in [-0.05, 0) is 63.7 Å². The molecule has 56 heavy (non-hydrogen) atoms. The van der Waals surface area contributed by atoms with Gasteiger partial charge in [-0.25, -0.2) is 15.0 Å². The molecule has 5 heteroatoms. The van der Waals surface area contributed by atoms with Gasteiger partial charge in [-0.2, -0.15) is 0 Å². The molecule has 0 spiro atoms. The molecule has 11 aromatic rings. The fourth-order valence-corrected chi connectivity index (χ4v) is 10.2. The van der Waals surface area contributed by atoms with E-state index in [1.54, 1.807) is 0 Å². The van der Waals surface area contributed by atoms with Gasteiger partial charge in [0.15, 0.2) is 17.5 Å². The number of thiophene rings is 2. The molecule has 0 aliphatic heterocycles. The highest BCUT2D eigenvalue weighted by Gasteiger charge is 2.19. The summed E-state index contributed by atoms with van der Waals surface area (Å²) in [6.45, 7) is 0. The molecule has 11 rings (SSSR count). The molecule has 3 nitrogen and oxygen atoms in total. The third-order valence-corrected chi connectivity index (χ3v) is 12.9. The zero-order valence-corrected chi connectivity index (χ0v) is 31.7. The summed E-state index contributed by atoms with van der Waals surface area (Å²) in [5, 5.41) is 5.04. The van der Waals surface area contributed by atoms with Crippen LogP contribution in [0.1, 0.15) is 0 Å². The van der Waals surface area contributed by atoms with Crippen molar-refractivity contribution in [2.24, 2.45) is 0 Å². The zero-order chi connectivity index (χ0) is 37.0. The third-order valence-electron chi connectivity index (χ3n) is 10.6. The Bertz CT molecular complexity index is 3170. The van der Waals surface area contributed by atoms with Gasteiger partial charge in [0.1, 0.15) is 0 Å². The van der Waals surface area contributed by atoms with Crippen LogP contribution in [0.2, 0.25) is 0 Å². The highest BCUT2D eigenvalue weighted by Crippen LogP contribution is 2.46. The van der Waals surface area contributed by atoms with Crippen molar-refractivity contribution in [1.29, 1.82) is 0 Å². The van der Waals surface area contributed by atoms with Gasteiger partial charge < -0.3 is 0 Å². The lowest BCUT2D eigenvalue weighted by Gasteiger charge is -2.11. The number of fused-ring (bicyclic) bond motifs is 6. The first-order valence-corrected chi connectivity index (χ1v) is 20.3. The number of benzene rings is 8. The Labute approximate surface area is 331 Å². The Hall–Kier alpha value is -6.79. The van der Waals surface area contributed by atoms with Crippen molar-refractivity contribution in [2.75, 3.05) is 0 Å². The average Bonchev–Trinajstić information content (AvgIpc) is 3.85. The molecule has 0 N–H and O–H groups in total. The number of nitrogens with zero attached hydrogens (tertiary/aromatic N) is 3. The van der Waals surface area contributed by atoms with Crippen LogP contribution in [0, 0.1) is 0 Å². The van der Waals surface area contributed by atoms with Gasteiger partial charge in [0.05, 0.1) is 0 Å². The second kappa shape index (κ2) is 13.5. The quantitative estimate of drug-likeness (QED) is 0.170. The average molecular weight is 750 g/mol. The van der Waals surface area contributed by atoms with Crippen molar-refractivity contribution in [3.05, 3.63) is 188 Å². The molecule has 0 radical (unpaired) electrons. The smallest absolute Gasteiger partial charge is 0.165 e. The van der Waals surface area contributed by atoms with Crippen LogP contribution in [0.3, 0.4) is 0 Å². The maximum Gasteiger partial charge on any atom is 0.165 e. The lowest BCUT2D eigenvalue weighted by atomic mass is 9.93. The van der Waals surface area contributed by atoms with E-state index in [9.17, 15) is 0 Å². The SMILES string of the molecule is c1ccc(-c2ccc(-c3cc(-c4ccc5c(c4)sc4c(-c6nc(-c7ccccc7)nc(-c7ccccc7)n6)cccc45)c4c(c3)sc3ccccc34)cc2)cc1. The molecule has 8 aromatic carbocycles. The van der Waals surface area contributed by atoms with E-state index < -0.39 is 0 Å². The number of hydrogen-bond acceptors (Lipinski definition) is 5. The summed E-state index contributed by atoms with van der Waals surface area (Å²) < 4.78 is 5.00. The van der Waals surface area contributed by atoms with Gasteiger partial charge in [0.25, 0.3) is 0 Å². The topological polar surface area (TPSA) is 38.7 Å². The Kier molecular flexibility index (Phi) is 7.87. The predicted molar refractivity (Wildman–Crippen MR) is 238 cm³/mol. The summed E-state index contributed by atoms with van der Waals surface area (Å²) in [4.78, 5) is 15.1. The summed E-state index contributed by atoms with van der Waals surface area (Å²) in [6, 6.07) is 66.9. The Balaban J connectivity index is 1.07. The molecule has 0 unspecified atom stereocenters. The van der Waals surface area contributed by atoms with E-state index in [4.69, 9.17) is 15.0 Å². The van der Waals surface area contributed by atoms with E-state index in [0.29, 0.717) is 17.5 Å². The van der Waals surface area contributed by atoms with Crippen LogP contribution in [0.25, 0.3) is 108 Å². The molecule has 0 saturated heterocycles. The summed E-state index contributed by atoms with van der Waals surface area (Å²) in [5.41, 5.74) is 10.3. The molecule has 0 atom stereocenters. The molecular formula is C51H31N3S2. The van der Waals surface area contributed by atoms with Gasteiger partial charge in [0, 0.05) is 57.0 Å². The number of aromatic nitrogens is 3. The lowest BCUT2D eigenvalue weighted by Crippen LogP contribution is -2.00. The van der Waals surface area contributed by atoms with Crippen LogP contribution in [0.4, 0.5) is 0 Å². The zero-order valence-electron chi connectivity index (χ0n) is 30.1. The van der Waals surface area contributed by atoms with Crippen LogP contribution in [0.5, 0.6) is 0 Å². The van der Waals surface area contributed by atoms with E-state index in [2.05, 4.69) is 152 Å². The fourth-order valence-electron chi connectivity index (χ4n) is 7.81. The number of hydrogen-bond donors (Lipinski definition) is 0. The van der Waals surface area contributed by atoms with Crippen LogP contribution in [-0.4, -0.2) is 15.0 Å². The predicted octanol–water partition coefficient (Wildman–Crippen LogP) is 14.6. The van der Waals surface area contributed by atoms with Gasteiger partial charge in [-0.1, -0.05) is 158 Å². The van der Waals surface area contributed by atoms with Crippen molar-refractivity contribution in [2.45, 2.75) is 0 Å². The lowest BCUT2D eigenvalue weighted by molar-refractivity contribution is 1.08. The summed E-state index contributed by atoms with van der Waals surface area (Å²) in [6.07, 6.45) is 0. The van der Waals surface area contributed by atoms with E-state index in [1.807, 2.05) is 59.1 Å². The first-order chi connectivity index (χ1) is 27.7. The molecule has 0 aliphatic carbocycles. The van der Waals surface area contributed by atoms with Crippen molar-refractivity contribution < 1.29 is 0 Å². The van der Waals surface area contributed by atoms with E-state index in [0.717, 1.165) is 16.7 Å². The van der Waals surface area contributed by atoms with Crippen LogP contribution < -0.4 is 0 Å². The molecule has 3 aromatic heterocycles. The standard InChI is InChI=1S/C51H31N3S2/c1-4-13-32(14-5-1)33-23-25-34(26-24-33)38-29-43(47-41-19-10-11-22-44(41)55-46(47)31-38)37-27-28-39-40-20-12-21-42(48(40)56-45(39)30-37)51-53-49(35-15-6-2-7-16-35)52-50(54-51)36-17-8-3-9-18-36/h1-31H. The molecule has 262 valence electrons. The third kappa shape index (κ3) is 5.68. The maximum atomic E-state index is 5.09. The molecule has 0 saturated carbocycles. The summed E-state index contributed by atoms with van der Waals surface area (Å²) in [5.74, 6) is 2.00. The minimum absolute atomic E-state index is 0.663. The van der Waals surface area contributed by atoms with Crippen LogP contribution >= 0.6 is 22.7 Å². The fraction of sp³-hybridized carbons (Fsp3) is 0. The largest absolute Gasteiger partial charge is 0.208 e. The van der Waals surface area contributed by atoms with E-state index >= 15 is 0 Å². The molecule has 3 heterocycles. The molecular weight excluding hydrogens is 719 g/mol. The second-order valence-electron chi connectivity index (χ2n) is 14.0. The summed E-state index contributed by atoms with van der Waals surface area (Å²) in [7, 11) is 0. The van der Waals surface area contributed by atoms with E-state index in [1.165, 1.54) is 73.7 Å². The first kappa shape index (κ1) is 32.6. The highest BCUT2D eigenvalue weighted by molar-refractivity contribution is 7.26. The van der Waals surface area contributed by atoms with Gasteiger partial charge in [-0.15, -0.1) is 22.7 Å². The maximum absolute atomic E-state index is 5.09.